The van der Waals surface area contributed by atoms with Gasteiger partial charge in [-0.25, -0.2) is 9.37 Å². The summed E-state index contributed by atoms with van der Waals surface area (Å²) in [6, 6.07) is 14.6. The van der Waals surface area contributed by atoms with Crippen LogP contribution in [0, 0.1) is 11.7 Å². The van der Waals surface area contributed by atoms with Crippen LogP contribution in [-0.2, 0) is 11.3 Å². The predicted molar refractivity (Wildman–Crippen MR) is 138 cm³/mol. The van der Waals surface area contributed by atoms with Crippen molar-refractivity contribution in [2.24, 2.45) is 5.92 Å². The number of benzene rings is 2. The van der Waals surface area contributed by atoms with Crippen molar-refractivity contribution < 1.29 is 9.18 Å². The number of fused-ring (bicyclic) bond motifs is 3. The molecule has 1 aliphatic heterocycles. The summed E-state index contributed by atoms with van der Waals surface area (Å²) in [6.07, 6.45) is 4.65. The maximum Gasteiger partial charge on any atom is 0.222 e. The number of carbonyl (C=O) groups is 1. The molecule has 0 saturated carbocycles. The van der Waals surface area contributed by atoms with Gasteiger partial charge in [-0.05, 0) is 55.4 Å². The second-order valence-electron chi connectivity index (χ2n) is 9.37. The first kappa shape index (κ1) is 23.7. The van der Waals surface area contributed by atoms with Crippen LogP contribution in [0.25, 0.3) is 22.1 Å². The maximum atomic E-state index is 13.4. The van der Waals surface area contributed by atoms with Crippen LogP contribution in [0.5, 0.6) is 0 Å². The molecule has 1 fully saturated rings. The first-order valence-electron chi connectivity index (χ1n) is 12.3. The summed E-state index contributed by atoms with van der Waals surface area (Å²) >= 11 is 1.58. The largest absolute Gasteiger partial charge is 0.343 e. The minimum absolute atomic E-state index is 0.245. The van der Waals surface area contributed by atoms with Crippen molar-refractivity contribution >= 4 is 39.7 Å². The van der Waals surface area contributed by atoms with Crippen LogP contribution in [-0.4, -0.2) is 49.4 Å². The van der Waals surface area contributed by atoms with Gasteiger partial charge >= 0.3 is 0 Å². The van der Waals surface area contributed by atoms with E-state index in [1.807, 2.05) is 23.1 Å². The topological polar surface area (TPSA) is 63.9 Å². The average Bonchev–Trinajstić information content (AvgIpc) is 3.18. The summed E-state index contributed by atoms with van der Waals surface area (Å²) in [6.45, 7) is 4.64. The van der Waals surface area contributed by atoms with Gasteiger partial charge in [0.2, 0.25) is 11.1 Å². The van der Waals surface area contributed by atoms with Crippen molar-refractivity contribution in [3.63, 3.8) is 0 Å². The lowest BCUT2D eigenvalue weighted by Crippen LogP contribution is -2.37. The van der Waals surface area contributed by atoms with Crippen LogP contribution >= 0.6 is 11.8 Å². The van der Waals surface area contributed by atoms with Crippen molar-refractivity contribution in [1.29, 1.82) is 0 Å². The first-order valence-corrected chi connectivity index (χ1v) is 13.3. The van der Waals surface area contributed by atoms with E-state index in [-0.39, 0.29) is 11.7 Å². The number of hydrogen-bond acceptors (Lipinski definition) is 5. The first-order chi connectivity index (χ1) is 17.1. The Morgan fingerprint density at radius 2 is 1.83 bits per heavy atom. The third kappa shape index (κ3) is 5.48. The molecule has 0 aliphatic carbocycles. The lowest BCUT2D eigenvalue weighted by Gasteiger charge is -2.30. The van der Waals surface area contributed by atoms with Gasteiger partial charge in [-0.3, -0.25) is 4.79 Å². The molecule has 2 aromatic heterocycles. The minimum Gasteiger partial charge on any atom is -0.343 e. The molecule has 182 valence electrons. The molecule has 1 saturated heterocycles. The fraction of sp³-hybridized carbons (Fsp3) is 0.407. The Morgan fingerprint density at radius 1 is 1.06 bits per heavy atom. The highest BCUT2D eigenvalue weighted by atomic mass is 32.2. The zero-order chi connectivity index (χ0) is 24.2. The van der Waals surface area contributed by atoms with Gasteiger partial charge in [0.15, 0.2) is 5.65 Å². The van der Waals surface area contributed by atoms with Gasteiger partial charge in [0.1, 0.15) is 11.3 Å². The second-order valence-corrected chi connectivity index (χ2v) is 10.4. The van der Waals surface area contributed by atoms with Crippen LogP contribution in [0.15, 0.2) is 53.7 Å². The number of thioether (sulfide) groups is 1. The van der Waals surface area contributed by atoms with E-state index < -0.39 is 0 Å². The molecule has 8 heteroatoms. The Morgan fingerprint density at radius 3 is 2.63 bits per heavy atom. The number of para-hydroxylation sites is 1. The molecular weight excluding hydrogens is 461 g/mol. The van der Waals surface area contributed by atoms with E-state index in [4.69, 9.17) is 4.98 Å². The molecule has 2 aromatic carbocycles. The van der Waals surface area contributed by atoms with Gasteiger partial charge in [0.25, 0.3) is 0 Å². The van der Waals surface area contributed by atoms with E-state index in [0.717, 1.165) is 78.1 Å². The van der Waals surface area contributed by atoms with Gasteiger partial charge in [-0.15, -0.1) is 10.2 Å². The fourth-order valence-electron chi connectivity index (χ4n) is 4.64. The Bertz CT molecular complexity index is 1310. The second kappa shape index (κ2) is 10.7. The number of piperidine rings is 1. The monoisotopic (exact) mass is 491 g/mol. The average molecular weight is 492 g/mol. The lowest BCUT2D eigenvalue weighted by molar-refractivity contribution is -0.132. The van der Waals surface area contributed by atoms with Crippen molar-refractivity contribution in [2.75, 3.05) is 18.8 Å². The Hall–Kier alpha value is -3.00. The lowest BCUT2D eigenvalue weighted by atomic mass is 9.99. The molecule has 0 bridgehead atoms. The summed E-state index contributed by atoms with van der Waals surface area (Å²) in [5, 5.41) is 10.5. The number of amides is 1. The zero-order valence-electron chi connectivity index (χ0n) is 20.0. The normalized spacial score (nSPS) is 14.7. The van der Waals surface area contributed by atoms with E-state index in [2.05, 4.69) is 27.8 Å². The number of nitrogens with zero attached hydrogens (tertiary/aromatic N) is 5. The van der Waals surface area contributed by atoms with Crippen molar-refractivity contribution in [3.05, 3.63) is 59.9 Å². The standard InChI is InChI=1S/C27H30FN5OS/c1-19-13-15-32(16-14-19)24(34)8-4-5-17-35-27-29-26-25(30-31-27)22-6-2-3-7-23(22)33(26)18-20-9-11-21(28)12-10-20/h2-3,6-7,9-12,19H,4-5,8,13-18H2,1H3. The molecule has 1 amide bonds. The molecule has 4 aromatic rings. The molecule has 35 heavy (non-hydrogen) atoms. The molecule has 6 nitrogen and oxygen atoms in total. The van der Waals surface area contributed by atoms with Crippen LogP contribution in [0.4, 0.5) is 4.39 Å². The van der Waals surface area contributed by atoms with Crippen molar-refractivity contribution in [1.82, 2.24) is 24.6 Å². The molecule has 0 radical (unpaired) electrons. The van der Waals surface area contributed by atoms with E-state index in [0.29, 0.717) is 18.1 Å². The zero-order valence-corrected chi connectivity index (χ0v) is 20.8. The van der Waals surface area contributed by atoms with Gasteiger partial charge in [0.05, 0.1) is 5.52 Å². The van der Waals surface area contributed by atoms with Gasteiger partial charge in [-0.1, -0.05) is 49.0 Å². The highest BCUT2D eigenvalue weighted by molar-refractivity contribution is 7.99. The molecule has 5 rings (SSSR count). The molecule has 0 spiro atoms. The van der Waals surface area contributed by atoms with Crippen LogP contribution < -0.4 is 0 Å². The molecule has 0 unspecified atom stereocenters. The number of rotatable bonds is 8. The van der Waals surface area contributed by atoms with Crippen LogP contribution in [0.3, 0.4) is 0 Å². The van der Waals surface area contributed by atoms with Crippen LogP contribution in [0.1, 0.15) is 44.6 Å². The summed E-state index contributed by atoms with van der Waals surface area (Å²) in [5.74, 6) is 1.61. The van der Waals surface area contributed by atoms with E-state index >= 15 is 0 Å². The van der Waals surface area contributed by atoms with Gasteiger partial charge < -0.3 is 9.47 Å². The molecular formula is C27H30FN5OS. The quantitative estimate of drug-likeness (QED) is 0.234. The van der Waals surface area contributed by atoms with E-state index in [9.17, 15) is 9.18 Å². The number of likely N-dealkylation sites (tertiary alicyclic amines) is 1. The van der Waals surface area contributed by atoms with Crippen molar-refractivity contribution in [3.8, 4) is 0 Å². The SMILES string of the molecule is CC1CCN(C(=O)CCCCSc2nnc3c4ccccc4n(Cc4ccc(F)cc4)c3n2)CC1. The highest BCUT2D eigenvalue weighted by Crippen LogP contribution is 2.28. The maximum absolute atomic E-state index is 13.4. The third-order valence-electron chi connectivity index (χ3n) is 6.76. The van der Waals surface area contributed by atoms with Gasteiger partial charge in [-0.2, -0.15) is 0 Å². The number of halogens is 1. The third-order valence-corrected chi connectivity index (χ3v) is 7.68. The number of unbranched alkanes of at least 4 members (excludes halogenated alkanes) is 1. The Balaban J connectivity index is 1.24. The van der Waals surface area contributed by atoms with E-state index in [1.165, 1.54) is 12.1 Å². The molecule has 3 heterocycles. The van der Waals surface area contributed by atoms with Crippen LogP contribution in [0.2, 0.25) is 0 Å². The minimum atomic E-state index is -0.245. The molecule has 1 aliphatic rings. The number of aromatic nitrogens is 4. The summed E-state index contributed by atoms with van der Waals surface area (Å²) in [7, 11) is 0. The molecule has 0 atom stereocenters. The molecule has 0 N–H and O–H groups in total. The fourth-order valence-corrected chi connectivity index (χ4v) is 5.42. The van der Waals surface area contributed by atoms with Crippen molar-refractivity contribution in [2.45, 2.75) is 50.7 Å². The van der Waals surface area contributed by atoms with E-state index in [1.54, 1.807) is 23.9 Å². The predicted octanol–water partition coefficient (Wildman–Crippen LogP) is 5.69. The summed E-state index contributed by atoms with van der Waals surface area (Å²) < 4.78 is 15.5. The highest BCUT2D eigenvalue weighted by Gasteiger charge is 2.20. The number of hydrogen-bond donors (Lipinski definition) is 0. The number of carbonyl (C=O) groups excluding carboxylic acids is 1. The van der Waals surface area contributed by atoms with Gasteiger partial charge in [0, 0.05) is 37.2 Å². The smallest absolute Gasteiger partial charge is 0.222 e. The summed E-state index contributed by atoms with van der Waals surface area (Å²) in [5.41, 5.74) is 3.58. The Kier molecular flexibility index (Phi) is 7.27. The Labute approximate surface area is 208 Å². The summed E-state index contributed by atoms with van der Waals surface area (Å²) in [4.78, 5) is 19.3.